The first-order chi connectivity index (χ1) is 13.6. The first kappa shape index (κ1) is 17.0. The molecule has 4 aliphatic heterocycles. The lowest BCUT2D eigenvalue weighted by molar-refractivity contribution is -0.156. The van der Waals surface area contributed by atoms with Crippen LogP contribution < -0.4 is 9.64 Å². The molecule has 1 amide bonds. The van der Waals surface area contributed by atoms with E-state index in [4.69, 9.17) is 9.47 Å². The second kappa shape index (κ2) is 5.59. The number of carbonyl (C=O) groups is 1. The van der Waals surface area contributed by atoms with Gasteiger partial charge in [-0.3, -0.25) is 9.69 Å². The summed E-state index contributed by atoms with van der Waals surface area (Å²) in [6.45, 7) is 4.08. The number of aliphatic hydroxyl groups is 1. The van der Waals surface area contributed by atoms with Gasteiger partial charge >= 0.3 is 0 Å². The van der Waals surface area contributed by atoms with Gasteiger partial charge < -0.3 is 19.5 Å². The van der Waals surface area contributed by atoms with E-state index in [1.54, 1.807) is 14.0 Å². The Morgan fingerprint density at radius 2 is 2.25 bits per heavy atom. The number of ether oxygens (including phenoxy) is 2. The van der Waals surface area contributed by atoms with Crippen LogP contribution in [0.5, 0.6) is 5.75 Å². The Hall–Kier alpha value is -1.89. The van der Waals surface area contributed by atoms with Crippen molar-refractivity contribution >= 4 is 11.6 Å². The molecule has 6 rings (SSSR count). The SMILES string of the molecule is COc1ccc2c(c1)N(C(C)=O)[C@H]1[C@@H]3[C@H](O)OCC=C4CN5CC[C@]21[C@@H]5C[C@@H]43. The molecule has 4 heterocycles. The third-order valence-electron chi connectivity index (χ3n) is 8.07. The van der Waals surface area contributed by atoms with Crippen molar-refractivity contribution < 1.29 is 19.4 Å². The average Bonchev–Trinajstić information content (AvgIpc) is 3.15. The van der Waals surface area contributed by atoms with Crippen LogP contribution in [0.25, 0.3) is 0 Å². The Kier molecular flexibility index (Phi) is 3.39. The van der Waals surface area contributed by atoms with Gasteiger partial charge in [0.1, 0.15) is 5.75 Å². The number of rotatable bonds is 1. The molecule has 1 aromatic carbocycles. The molecule has 3 fully saturated rings. The normalized spacial score (nSPS) is 40.5. The molecule has 1 aromatic rings. The van der Waals surface area contributed by atoms with Gasteiger partial charge in [-0.25, -0.2) is 0 Å². The van der Waals surface area contributed by atoms with Crippen molar-refractivity contribution in [2.45, 2.75) is 43.6 Å². The Labute approximate surface area is 164 Å². The van der Waals surface area contributed by atoms with Crippen LogP contribution in [0.3, 0.4) is 0 Å². The van der Waals surface area contributed by atoms with Gasteiger partial charge in [-0.1, -0.05) is 17.7 Å². The maximum atomic E-state index is 12.9. The summed E-state index contributed by atoms with van der Waals surface area (Å²) < 4.78 is 11.3. The van der Waals surface area contributed by atoms with E-state index in [0.29, 0.717) is 12.6 Å². The number of carbonyl (C=O) groups excluding carboxylic acids is 1. The average molecular weight is 382 g/mol. The largest absolute Gasteiger partial charge is 0.497 e. The maximum Gasteiger partial charge on any atom is 0.224 e. The Morgan fingerprint density at radius 3 is 3.04 bits per heavy atom. The fourth-order valence-electron chi connectivity index (χ4n) is 7.14. The van der Waals surface area contributed by atoms with E-state index in [2.05, 4.69) is 17.0 Å². The minimum absolute atomic E-state index is 0.0248. The van der Waals surface area contributed by atoms with Crippen LogP contribution in [0.4, 0.5) is 5.69 Å². The van der Waals surface area contributed by atoms with Crippen molar-refractivity contribution in [3.63, 3.8) is 0 Å². The van der Waals surface area contributed by atoms with E-state index in [1.165, 1.54) is 11.1 Å². The highest BCUT2D eigenvalue weighted by Gasteiger charge is 2.69. The topological polar surface area (TPSA) is 62.2 Å². The number of fused-ring (bicyclic) bond motifs is 2. The summed E-state index contributed by atoms with van der Waals surface area (Å²) >= 11 is 0. The number of hydrogen-bond acceptors (Lipinski definition) is 5. The van der Waals surface area contributed by atoms with Crippen LogP contribution in [0.2, 0.25) is 0 Å². The van der Waals surface area contributed by atoms with E-state index >= 15 is 0 Å². The van der Waals surface area contributed by atoms with Gasteiger partial charge in [-0.2, -0.15) is 0 Å². The fraction of sp³-hybridized carbons (Fsp3) is 0.591. The number of hydrogen-bond donors (Lipinski definition) is 1. The summed E-state index contributed by atoms with van der Waals surface area (Å²) in [5.41, 5.74) is 3.43. The molecule has 1 saturated carbocycles. The van der Waals surface area contributed by atoms with Crippen molar-refractivity contribution in [2.24, 2.45) is 11.8 Å². The molecule has 6 heteroatoms. The molecule has 1 spiro atoms. The molecular formula is C22H26N2O4. The molecular weight excluding hydrogens is 356 g/mol. The predicted molar refractivity (Wildman–Crippen MR) is 103 cm³/mol. The maximum absolute atomic E-state index is 12.9. The van der Waals surface area contributed by atoms with Crippen molar-refractivity contribution in [2.75, 3.05) is 31.7 Å². The van der Waals surface area contributed by atoms with Crippen molar-refractivity contribution in [1.29, 1.82) is 0 Å². The molecule has 0 radical (unpaired) electrons. The lowest BCUT2D eigenvalue weighted by Crippen LogP contribution is -2.66. The molecule has 1 N–H and O–H groups in total. The number of anilines is 1. The van der Waals surface area contributed by atoms with E-state index in [0.717, 1.165) is 37.4 Å². The molecule has 1 aliphatic carbocycles. The predicted octanol–water partition coefficient (Wildman–Crippen LogP) is 1.67. The van der Waals surface area contributed by atoms with Gasteiger partial charge in [-0.15, -0.1) is 0 Å². The van der Waals surface area contributed by atoms with E-state index in [9.17, 15) is 9.90 Å². The van der Waals surface area contributed by atoms with Crippen LogP contribution in [-0.2, 0) is 14.9 Å². The highest BCUT2D eigenvalue weighted by Crippen LogP contribution is 2.64. The summed E-state index contributed by atoms with van der Waals surface area (Å²) in [5, 5.41) is 11.0. The number of piperidine rings is 1. The van der Waals surface area contributed by atoms with E-state index < -0.39 is 6.29 Å². The monoisotopic (exact) mass is 382 g/mol. The first-order valence-electron chi connectivity index (χ1n) is 10.3. The number of benzene rings is 1. The van der Waals surface area contributed by atoms with Crippen LogP contribution in [0, 0.1) is 11.8 Å². The third-order valence-corrected chi connectivity index (χ3v) is 8.07. The molecule has 2 saturated heterocycles. The summed E-state index contributed by atoms with van der Waals surface area (Å²) in [5.74, 6) is 0.952. The smallest absolute Gasteiger partial charge is 0.224 e. The van der Waals surface area contributed by atoms with Crippen molar-refractivity contribution in [1.82, 2.24) is 4.90 Å². The molecule has 0 aromatic heterocycles. The molecule has 6 nitrogen and oxygen atoms in total. The standard InChI is InChI=1S/C22H26N2O4/c1-12(25)24-17-9-14(27-2)3-4-16(17)22-6-7-23-11-13-5-8-28-21(26)19(20(22)24)15(13)10-18(22)23/h3-5,9,15,18-21,26H,6-8,10-11H2,1-2H3/t15-,18-,19+,20-,21+,22+/m0/s1. The van der Waals surface area contributed by atoms with Crippen LogP contribution in [-0.4, -0.2) is 61.1 Å². The van der Waals surface area contributed by atoms with Gasteiger partial charge in [0.2, 0.25) is 5.91 Å². The number of methoxy groups -OCH3 is 1. The minimum Gasteiger partial charge on any atom is -0.497 e. The fourth-order valence-corrected chi connectivity index (χ4v) is 7.14. The molecule has 6 atom stereocenters. The zero-order chi connectivity index (χ0) is 19.2. The highest BCUT2D eigenvalue weighted by molar-refractivity contribution is 5.96. The van der Waals surface area contributed by atoms with Gasteiger partial charge in [0, 0.05) is 36.9 Å². The molecule has 5 aliphatic rings. The van der Waals surface area contributed by atoms with Gasteiger partial charge in [-0.05, 0) is 36.9 Å². The Morgan fingerprint density at radius 1 is 1.39 bits per heavy atom. The summed E-state index contributed by atoms with van der Waals surface area (Å²) in [7, 11) is 1.66. The van der Waals surface area contributed by atoms with Crippen LogP contribution >= 0.6 is 0 Å². The van der Waals surface area contributed by atoms with Crippen LogP contribution in [0.15, 0.2) is 29.8 Å². The van der Waals surface area contributed by atoms with E-state index in [1.807, 2.05) is 17.0 Å². The Bertz CT molecular complexity index is 899. The van der Waals surface area contributed by atoms with E-state index in [-0.39, 0.29) is 29.2 Å². The highest BCUT2D eigenvalue weighted by atomic mass is 16.6. The number of amides is 1. The van der Waals surface area contributed by atoms with Gasteiger partial charge in [0.05, 0.1) is 25.4 Å². The first-order valence-corrected chi connectivity index (χ1v) is 10.3. The number of aliphatic hydroxyl groups excluding tert-OH is 1. The lowest BCUT2D eigenvalue weighted by atomic mass is 9.55. The minimum atomic E-state index is -0.855. The van der Waals surface area contributed by atoms with Crippen LogP contribution in [0.1, 0.15) is 25.3 Å². The second-order valence-electron chi connectivity index (χ2n) is 8.92. The molecule has 148 valence electrons. The number of nitrogens with zero attached hydrogens (tertiary/aromatic N) is 2. The van der Waals surface area contributed by atoms with Crippen molar-refractivity contribution in [3.8, 4) is 5.75 Å². The quantitative estimate of drug-likeness (QED) is 0.749. The van der Waals surface area contributed by atoms with Gasteiger partial charge in [0.25, 0.3) is 0 Å². The van der Waals surface area contributed by atoms with Gasteiger partial charge in [0.15, 0.2) is 6.29 Å². The van der Waals surface area contributed by atoms with Crippen molar-refractivity contribution in [3.05, 3.63) is 35.4 Å². The summed E-state index contributed by atoms with van der Waals surface area (Å²) in [4.78, 5) is 17.5. The molecule has 2 bridgehead atoms. The molecule has 28 heavy (non-hydrogen) atoms. The lowest BCUT2D eigenvalue weighted by Gasteiger charge is -2.56. The third kappa shape index (κ3) is 1.86. The zero-order valence-corrected chi connectivity index (χ0v) is 16.3. The second-order valence-corrected chi connectivity index (χ2v) is 8.92. The molecule has 0 unspecified atom stereocenters. The zero-order valence-electron chi connectivity index (χ0n) is 16.3. The summed E-state index contributed by atoms with van der Waals surface area (Å²) in [6.07, 6.45) is 3.35. The summed E-state index contributed by atoms with van der Waals surface area (Å²) in [6, 6.07) is 6.48. The Balaban J connectivity index is 1.62.